The van der Waals surface area contributed by atoms with Crippen molar-refractivity contribution in [3.05, 3.63) is 34.9 Å². The topological polar surface area (TPSA) is 0 Å². The summed E-state index contributed by atoms with van der Waals surface area (Å²) >= 11 is 0. The van der Waals surface area contributed by atoms with Crippen LogP contribution in [0, 0.1) is 6.92 Å². The predicted molar refractivity (Wildman–Crippen MR) is 52.5 cm³/mol. The maximum Gasteiger partial charge on any atom is -0.0159 e. The molecule has 0 radical (unpaired) electrons. The summed E-state index contributed by atoms with van der Waals surface area (Å²) in [6.07, 6.45) is 3.97. The molecule has 1 unspecified atom stereocenters. The van der Waals surface area contributed by atoms with Gasteiger partial charge >= 0.3 is 0 Å². The van der Waals surface area contributed by atoms with Crippen LogP contribution in [0.25, 0.3) is 0 Å². The summed E-state index contributed by atoms with van der Waals surface area (Å²) in [6, 6.07) is 6.92. The van der Waals surface area contributed by atoms with Gasteiger partial charge in [0.25, 0.3) is 0 Å². The van der Waals surface area contributed by atoms with E-state index in [-0.39, 0.29) is 0 Å². The van der Waals surface area contributed by atoms with Gasteiger partial charge in [0, 0.05) is 0 Å². The van der Waals surface area contributed by atoms with Crippen molar-refractivity contribution in [1.82, 2.24) is 0 Å². The molecule has 0 saturated heterocycles. The van der Waals surface area contributed by atoms with Crippen molar-refractivity contribution >= 4 is 0 Å². The van der Waals surface area contributed by atoms with Crippen molar-refractivity contribution in [2.45, 2.75) is 39.0 Å². The molecular weight excluding hydrogens is 144 g/mol. The van der Waals surface area contributed by atoms with Crippen LogP contribution in [0.5, 0.6) is 0 Å². The van der Waals surface area contributed by atoms with Crippen LogP contribution in [0.1, 0.15) is 42.4 Å². The van der Waals surface area contributed by atoms with Crippen LogP contribution in [-0.2, 0) is 6.42 Å². The lowest BCUT2D eigenvalue weighted by molar-refractivity contribution is 0.656. The van der Waals surface area contributed by atoms with Gasteiger partial charge in [0.1, 0.15) is 0 Å². The highest BCUT2D eigenvalue weighted by molar-refractivity contribution is 5.37. The highest BCUT2D eigenvalue weighted by Gasteiger charge is 2.19. The molecule has 0 spiro atoms. The largest absolute Gasteiger partial charge is 0.0648 e. The first-order valence-electron chi connectivity index (χ1n) is 4.90. The van der Waals surface area contributed by atoms with Crippen molar-refractivity contribution in [3.63, 3.8) is 0 Å². The van der Waals surface area contributed by atoms with Gasteiger partial charge in [-0.3, -0.25) is 0 Å². The molecule has 0 bridgehead atoms. The molecule has 0 fully saturated rings. The number of benzene rings is 1. The fraction of sp³-hybridized carbons (Fsp3) is 0.500. The number of rotatable bonds is 1. The highest BCUT2D eigenvalue weighted by Crippen LogP contribution is 2.35. The zero-order chi connectivity index (χ0) is 8.55. The van der Waals surface area contributed by atoms with Gasteiger partial charge in [0.05, 0.1) is 0 Å². The first-order valence-corrected chi connectivity index (χ1v) is 4.90. The first kappa shape index (κ1) is 7.85. The summed E-state index contributed by atoms with van der Waals surface area (Å²) < 4.78 is 0. The van der Waals surface area contributed by atoms with Crippen LogP contribution >= 0.6 is 0 Å². The van der Waals surface area contributed by atoms with Gasteiger partial charge in [-0.15, -0.1) is 0 Å². The summed E-state index contributed by atoms with van der Waals surface area (Å²) in [6.45, 7) is 4.47. The molecule has 1 aliphatic rings. The molecule has 0 saturated carbocycles. The third-order valence-corrected chi connectivity index (χ3v) is 2.99. The minimum atomic E-state index is 0.848. The third-order valence-electron chi connectivity index (χ3n) is 2.99. The zero-order valence-corrected chi connectivity index (χ0v) is 7.93. The summed E-state index contributed by atoms with van der Waals surface area (Å²) in [5.74, 6) is 0.848. The molecule has 0 N–H and O–H groups in total. The highest BCUT2D eigenvalue weighted by atomic mass is 14.2. The standard InChI is InChI=1S/C12H16/c1-3-10-5-6-11-8-9(2)4-7-12(10)11/h4,7-8,10H,3,5-6H2,1-2H3. The second kappa shape index (κ2) is 2.93. The molecule has 12 heavy (non-hydrogen) atoms. The van der Waals surface area contributed by atoms with Gasteiger partial charge in [-0.25, -0.2) is 0 Å². The number of hydrogen-bond acceptors (Lipinski definition) is 0. The molecule has 64 valence electrons. The van der Waals surface area contributed by atoms with Gasteiger partial charge in [0.15, 0.2) is 0 Å². The zero-order valence-electron chi connectivity index (χ0n) is 7.93. The quantitative estimate of drug-likeness (QED) is 0.590. The van der Waals surface area contributed by atoms with E-state index in [0.29, 0.717) is 0 Å². The van der Waals surface area contributed by atoms with Crippen molar-refractivity contribution in [3.8, 4) is 0 Å². The second-order valence-corrected chi connectivity index (χ2v) is 3.85. The minimum Gasteiger partial charge on any atom is -0.0648 e. The van der Waals surface area contributed by atoms with Crippen molar-refractivity contribution in [1.29, 1.82) is 0 Å². The maximum absolute atomic E-state index is 2.35. The van der Waals surface area contributed by atoms with E-state index in [1.54, 1.807) is 11.1 Å². The van der Waals surface area contributed by atoms with E-state index in [4.69, 9.17) is 0 Å². The Bertz CT molecular complexity index is 286. The first-order chi connectivity index (χ1) is 5.81. The SMILES string of the molecule is CCC1CCc2cc(C)ccc21. The summed E-state index contributed by atoms with van der Waals surface area (Å²) in [7, 11) is 0. The summed E-state index contributed by atoms with van der Waals surface area (Å²) in [5.41, 5.74) is 4.62. The predicted octanol–water partition coefficient (Wildman–Crippen LogP) is 3.43. The van der Waals surface area contributed by atoms with Crippen molar-refractivity contribution < 1.29 is 0 Å². The van der Waals surface area contributed by atoms with Crippen molar-refractivity contribution in [2.24, 2.45) is 0 Å². The fourth-order valence-corrected chi connectivity index (χ4v) is 2.26. The Labute approximate surface area is 74.6 Å². The van der Waals surface area contributed by atoms with E-state index < -0.39 is 0 Å². The molecule has 1 aromatic rings. The lowest BCUT2D eigenvalue weighted by atomic mass is 9.98. The van der Waals surface area contributed by atoms with Crippen LogP contribution in [-0.4, -0.2) is 0 Å². The van der Waals surface area contributed by atoms with Gasteiger partial charge in [-0.05, 0) is 43.2 Å². The minimum absolute atomic E-state index is 0.848. The number of hydrogen-bond donors (Lipinski definition) is 0. The molecule has 0 aliphatic heterocycles. The molecule has 1 aliphatic carbocycles. The van der Waals surface area contributed by atoms with Gasteiger partial charge < -0.3 is 0 Å². The molecule has 0 heteroatoms. The normalized spacial score (nSPS) is 21.0. The monoisotopic (exact) mass is 160 g/mol. The Balaban J connectivity index is 2.40. The molecule has 2 rings (SSSR count). The van der Waals surface area contributed by atoms with Gasteiger partial charge in [-0.2, -0.15) is 0 Å². The summed E-state index contributed by atoms with van der Waals surface area (Å²) in [4.78, 5) is 0. The fourth-order valence-electron chi connectivity index (χ4n) is 2.26. The lowest BCUT2D eigenvalue weighted by Crippen LogP contribution is -1.90. The molecule has 0 amide bonds. The van der Waals surface area contributed by atoms with Crippen LogP contribution in [0.15, 0.2) is 18.2 Å². The van der Waals surface area contributed by atoms with Crippen LogP contribution in [0.2, 0.25) is 0 Å². The molecule has 1 atom stereocenters. The van der Waals surface area contributed by atoms with E-state index in [1.165, 1.54) is 24.8 Å². The average Bonchev–Trinajstić information content (AvgIpc) is 2.46. The van der Waals surface area contributed by atoms with Crippen LogP contribution in [0.4, 0.5) is 0 Å². The lowest BCUT2D eigenvalue weighted by Gasteiger charge is -2.07. The van der Waals surface area contributed by atoms with Gasteiger partial charge in [0.2, 0.25) is 0 Å². The van der Waals surface area contributed by atoms with E-state index in [2.05, 4.69) is 32.0 Å². The van der Waals surface area contributed by atoms with E-state index in [0.717, 1.165) is 5.92 Å². The van der Waals surface area contributed by atoms with E-state index in [1.807, 2.05) is 0 Å². The Hall–Kier alpha value is -0.780. The van der Waals surface area contributed by atoms with Crippen LogP contribution < -0.4 is 0 Å². The second-order valence-electron chi connectivity index (χ2n) is 3.85. The molecule has 0 nitrogen and oxygen atoms in total. The Morgan fingerprint density at radius 3 is 3.00 bits per heavy atom. The average molecular weight is 160 g/mol. The smallest absolute Gasteiger partial charge is 0.0159 e. The van der Waals surface area contributed by atoms with E-state index in [9.17, 15) is 0 Å². The van der Waals surface area contributed by atoms with Crippen molar-refractivity contribution in [2.75, 3.05) is 0 Å². The third kappa shape index (κ3) is 1.16. The molecular formula is C12H16. The number of aryl methyl sites for hydroxylation is 2. The van der Waals surface area contributed by atoms with Gasteiger partial charge in [-0.1, -0.05) is 30.7 Å². The number of fused-ring (bicyclic) bond motifs is 1. The Morgan fingerprint density at radius 1 is 1.42 bits per heavy atom. The molecule has 0 aromatic heterocycles. The molecule has 0 heterocycles. The summed E-state index contributed by atoms with van der Waals surface area (Å²) in [5, 5.41) is 0. The van der Waals surface area contributed by atoms with Crippen LogP contribution in [0.3, 0.4) is 0 Å². The maximum atomic E-state index is 2.35. The Kier molecular flexibility index (Phi) is 1.92. The van der Waals surface area contributed by atoms with E-state index >= 15 is 0 Å². The molecule has 1 aromatic carbocycles. The Morgan fingerprint density at radius 2 is 2.25 bits per heavy atom.